The van der Waals surface area contributed by atoms with Crippen molar-refractivity contribution in [3.63, 3.8) is 0 Å². The summed E-state index contributed by atoms with van der Waals surface area (Å²) in [6, 6.07) is 3.64. The molecular formula is C16H20ClNO3. The molecule has 5 heteroatoms. The second-order valence-electron chi connectivity index (χ2n) is 5.05. The molecule has 4 nitrogen and oxygen atoms in total. The smallest absolute Gasteiger partial charge is 0.179 e. The number of ether oxygens (including phenoxy) is 2. The Kier molecular flexibility index (Phi) is 5.26. The molecule has 0 N–H and O–H groups in total. The first-order valence-corrected chi connectivity index (χ1v) is 7.35. The van der Waals surface area contributed by atoms with Crippen LogP contribution in [0.5, 0.6) is 11.5 Å². The van der Waals surface area contributed by atoms with Crippen LogP contribution in [-0.4, -0.2) is 44.5 Å². The molecule has 1 aromatic rings. The highest BCUT2D eigenvalue weighted by atomic mass is 35.5. The van der Waals surface area contributed by atoms with Gasteiger partial charge in [-0.1, -0.05) is 11.6 Å². The highest BCUT2D eigenvalue weighted by molar-refractivity contribution is 6.32. The van der Waals surface area contributed by atoms with Crippen LogP contribution in [0.4, 0.5) is 0 Å². The minimum atomic E-state index is 0.193. The number of hydrogen-bond acceptors (Lipinski definition) is 4. The van der Waals surface area contributed by atoms with E-state index in [4.69, 9.17) is 21.1 Å². The lowest BCUT2D eigenvalue weighted by Gasteiger charge is -2.23. The molecule has 2 rings (SSSR count). The Bertz CT molecular complexity index is 569. The van der Waals surface area contributed by atoms with Gasteiger partial charge in [0.1, 0.15) is 0 Å². The fourth-order valence-electron chi connectivity index (χ4n) is 2.37. The lowest BCUT2D eigenvalue weighted by atomic mass is 10.0. The van der Waals surface area contributed by atoms with Crippen molar-refractivity contribution < 1.29 is 14.3 Å². The Morgan fingerprint density at radius 2 is 2.19 bits per heavy atom. The van der Waals surface area contributed by atoms with Gasteiger partial charge in [0, 0.05) is 25.1 Å². The lowest BCUT2D eigenvalue weighted by molar-refractivity contribution is -0.117. The van der Waals surface area contributed by atoms with E-state index in [0.717, 1.165) is 17.7 Å². The van der Waals surface area contributed by atoms with E-state index < -0.39 is 0 Å². The summed E-state index contributed by atoms with van der Waals surface area (Å²) in [5.41, 5.74) is 1.65. The van der Waals surface area contributed by atoms with Crippen LogP contribution in [0.25, 0.3) is 6.08 Å². The first-order chi connectivity index (χ1) is 10.0. The van der Waals surface area contributed by atoms with Crippen molar-refractivity contribution in [3.05, 3.63) is 28.3 Å². The van der Waals surface area contributed by atoms with Crippen LogP contribution < -0.4 is 9.47 Å². The topological polar surface area (TPSA) is 38.8 Å². The fraction of sp³-hybridized carbons (Fsp3) is 0.438. The molecule has 21 heavy (non-hydrogen) atoms. The average Bonchev–Trinajstić information content (AvgIpc) is 2.43. The fourth-order valence-corrected chi connectivity index (χ4v) is 2.67. The van der Waals surface area contributed by atoms with Crippen molar-refractivity contribution in [2.45, 2.75) is 13.3 Å². The zero-order chi connectivity index (χ0) is 15.4. The number of carbonyl (C=O) groups is 1. The van der Waals surface area contributed by atoms with Crippen LogP contribution in [0.3, 0.4) is 0 Å². The number of halogens is 1. The van der Waals surface area contributed by atoms with Crippen LogP contribution in [0.1, 0.15) is 18.9 Å². The third-order valence-electron chi connectivity index (χ3n) is 3.40. The quantitative estimate of drug-likeness (QED) is 0.801. The summed E-state index contributed by atoms with van der Waals surface area (Å²) in [6.07, 6.45) is 2.44. The molecule has 0 aliphatic carbocycles. The van der Waals surface area contributed by atoms with Crippen molar-refractivity contribution >= 4 is 23.5 Å². The molecule has 0 unspecified atom stereocenters. The second kappa shape index (κ2) is 6.96. The molecule has 0 atom stereocenters. The number of nitrogens with zero attached hydrogens (tertiary/aromatic N) is 1. The van der Waals surface area contributed by atoms with Crippen molar-refractivity contribution in [2.24, 2.45) is 0 Å². The first-order valence-electron chi connectivity index (χ1n) is 6.97. The largest absolute Gasteiger partial charge is 0.491 e. The Balaban J connectivity index is 2.37. The molecular weight excluding hydrogens is 290 g/mol. The van der Waals surface area contributed by atoms with E-state index in [1.54, 1.807) is 13.2 Å². The van der Waals surface area contributed by atoms with Crippen LogP contribution in [0, 0.1) is 0 Å². The number of likely N-dealkylation sites (tertiary alicyclic amines) is 1. The maximum atomic E-state index is 12.0. The monoisotopic (exact) mass is 309 g/mol. The van der Waals surface area contributed by atoms with Crippen LogP contribution in [0.15, 0.2) is 17.7 Å². The number of Topliss-reactive ketones (excluding diaryl/α,β-unsaturated/α-hetero) is 1. The zero-order valence-electron chi connectivity index (χ0n) is 12.6. The van der Waals surface area contributed by atoms with Gasteiger partial charge in [-0.05, 0) is 37.7 Å². The summed E-state index contributed by atoms with van der Waals surface area (Å²) in [5.74, 6) is 1.31. The summed E-state index contributed by atoms with van der Waals surface area (Å²) >= 11 is 6.22. The molecule has 0 bridgehead atoms. The molecule has 0 radical (unpaired) electrons. The van der Waals surface area contributed by atoms with E-state index in [1.165, 1.54) is 0 Å². The van der Waals surface area contributed by atoms with Crippen molar-refractivity contribution in [1.29, 1.82) is 0 Å². The van der Waals surface area contributed by atoms with E-state index in [2.05, 4.69) is 4.90 Å². The average molecular weight is 310 g/mol. The SMILES string of the molecule is CCOc1cc(/C=C2\CN(C)CCC2=O)cc(Cl)c1OC. The number of rotatable bonds is 4. The van der Waals surface area contributed by atoms with Gasteiger partial charge in [-0.25, -0.2) is 0 Å². The van der Waals surface area contributed by atoms with E-state index in [9.17, 15) is 4.79 Å². The zero-order valence-corrected chi connectivity index (χ0v) is 13.4. The maximum Gasteiger partial charge on any atom is 0.179 e. The van der Waals surface area contributed by atoms with Crippen molar-refractivity contribution in [2.75, 3.05) is 33.9 Å². The van der Waals surface area contributed by atoms with Gasteiger partial charge in [-0.15, -0.1) is 0 Å². The third kappa shape index (κ3) is 3.77. The third-order valence-corrected chi connectivity index (χ3v) is 3.68. The van der Waals surface area contributed by atoms with Gasteiger partial charge in [0.05, 0.1) is 18.7 Å². The summed E-state index contributed by atoms with van der Waals surface area (Å²) < 4.78 is 10.8. The van der Waals surface area contributed by atoms with Gasteiger partial charge in [0.2, 0.25) is 0 Å². The number of likely N-dealkylation sites (N-methyl/N-ethyl adjacent to an activating group) is 1. The highest BCUT2D eigenvalue weighted by Gasteiger charge is 2.19. The van der Waals surface area contributed by atoms with E-state index >= 15 is 0 Å². The summed E-state index contributed by atoms with van der Waals surface area (Å²) in [4.78, 5) is 14.1. The minimum absolute atomic E-state index is 0.193. The van der Waals surface area contributed by atoms with Crippen molar-refractivity contribution in [3.8, 4) is 11.5 Å². The molecule has 0 amide bonds. The van der Waals surface area contributed by atoms with Gasteiger partial charge < -0.3 is 14.4 Å². The summed E-state index contributed by atoms with van der Waals surface area (Å²) in [7, 11) is 3.56. The number of piperidine rings is 1. The molecule has 114 valence electrons. The minimum Gasteiger partial charge on any atom is -0.491 e. The number of carbonyl (C=O) groups excluding carboxylic acids is 1. The highest BCUT2D eigenvalue weighted by Crippen LogP contribution is 2.37. The molecule has 1 aromatic carbocycles. The van der Waals surface area contributed by atoms with Gasteiger partial charge in [-0.3, -0.25) is 4.79 Å². The lowest BCUT2D eigenvalue weighted by Crippen LogP contribution is -2.32. The van der Waals surface area contributed by atoms with E-state index in [0.29, 0.717) is 36.1 Å². The van der Waals surface area contributed by atoms with Gasteiger partial charge in [0.25, 0.3) is 0 Å². The van der Waals surface area contributed by atoms with Crippen LogP contribution >= 0.6 is 11.6 Å². The first kappa shape index (κ1) is 15.9. The molecule has 1 heterocycles. The standard InChI is InChI=1S/C16H20ClNO3/c1-4-21-15-9-11(8-13(17)16(15)20-3)7-12-10-18(2)6-5-14(12)19/h7-9H,4-6,10H2,1-3H3/b12-7+. The predicted molar refractivity (Wildman–Crippen MR) is 84.3 cm³/mol. The summed E-state index contributed by atoms with van der Waals surface area (Å²) in [6.45, 7) is 3.89. The number of ketones is 1. The van der Waals surface area contributed by atoms with Gasteiger partial charge >= 0.3 is 0 Å². The van der Waals surface area contributed by atoms with E-state index in [-0.39, 0.29) is 5.78 Å². The molecule has 1 aliphatic rings. The molecule has 1 fully saturated rings. The number of hydrogen-bond donors (Lipinski definition) is 0. The Hall–Kier alpha value is -1.52. The van der Waals surface area contributed by atoms with E-state index in [1.807, 2.05) is 26.1 Å². The Labute approximate surface area is 130 Å². The molecule has 1 aliphatic heterocycles. The number of benzene rings is 1. The number of methoxy groups -OCH3 is 1. The predicted octanol–water partition coefficient (Wildman–Crippen LogP) is 3.04. The van der Waals surface area contributed by atoms with Crippen LogP contribution in [-0.2, 0) is 4.79 Å². The maximum absolute atomic E-state index is 12.0. The van der Waals surface area contributed by atoms with Crippen LogP contribution in [0.2, 0.25) is 5.02 Å². The molecule has 0 spiro atoms. The Morgan fingerprint density at radius 1 is 1.43 bits per heavy atom. The normalized spacial score (nSPS) is 18.1. The second-order valence-corrected chi connectivity index (χ2v) is 5.45. The molecule has 0 aromatic heterocycles. The Morgan fingerprint density at radius 3 is 2.86 bits per heavy atom. The van der Waals surface area contributed by atoms with Crippen molar-refractivity contribution in [1.82, 2.24) is 4.90 Å². The molecule has 0 saturated carbocycles. The van der Waals surface area contributed by atoms with Gasteiger partial charge in [0.15, 0.2) is 17.3 Å². The molecule has 1 saturated heterocycles. The van der Waals surface area contributed by atoms with Gasteiger partial charge in [-0.2, -0.15) is 0 Å². The summed E-state index contributed by atoms with van der Waals surface area (Å²) in [5, 5.41) is 0.479.